The molecule has 168 valence electrons. The first-order chi connectivity index (χ1) is 13.4. The second kappa shape index (κ2) is 10.3. The molecule has 2 heterocycles. The normalized spacial score (nSPS) is 27.5. The molecule has 29 heavy (non-hydrogen) atoms. The second-order valence-corrected chi connectivity index (χ2v) is 10.8. The van der Waals surface area contributed by atoms with Crippen LogP contribution in [0.4, 0.5) is 13.2 Å². The molecule has 2 saturated heterocycles. The maximum Gasteiger partial charge on any atom is 0.391 e. The Morgan fingerprint density at radius 1 is 1.24 bits per heavy atom. The van der Waals surface area contributed by atoms with Crippen LogP contribution >= 0.6 is 11.8 Å². The summed E-state index contributed by atoms with van der Waals surface area (Å²) in [5, 5.41) is 14.1. The van der Waals surface area contributed by atoms with Gasteiger partial charge in [0.25, 0.3) is 0 Å². The van der Waals surface area contributed by atoms with Crippen molar-refractivity contribution < 1.29 is 41.0 Å². The van der Waals surface area contributed by atoms with Gasteiger partial charge in [-0.25, -0.2) is 8.42 Å². The molecule has 2 aliphatic rings. The lowest BCUT2D eigenvalue weighted by molar-refractivity contribution is -0.143. The number of hydrogen-bond acceptors (Lipinski definition) is 7. The van der Waals surface area contributed by atoms with Gasteiger partial charge in [0.2, 0.25) is 11.8 Å². The predicted molar refractivity (Wildman–Crippen MR) is 100 cm³/mol. The number of alkyl halides is 3. The van der Waals surface area contributed by atoms with Crippen LogP contribution in [-0.4, -0.2) is 85.9 Å². The van der Waals surface area contributed by atoms with Gasteiger partial charge in [0, 0.05) is 24.1 Å². The van der Waals surface area contributed by atoms with Crippen molar-refractivity contribution >= 4 is 33.4 Å². The minimum absolute atomic E-state index is 0.00552. The predicted octanol–water partition coefficient (Wildman–Crippen LogP) is -0.142. The minimum atomic E-state index is -4.54. The summed E-state index contributed by atoms with van der Waals surface area (Å²) < 4.78 is 66.2. The van der Waals surface area contributed by atoms with E-state index in [4.69, 9.17) is 4.74 Å². The summed E-state index contributed by atoms with van der Waals surface area (Å²) in [6.07, 6.45) is -6.40. The average Bonchev–Trinajstić information content (AvgIpc) is 3.14. The molecule has 2 rings (SSSR count). The fourth-order valence-corrected chi connectivity index (χ4v) is 6.61. The van der Waals surface area contributed by atoms with E-state index < -0.39 is 58.9 Å². The Labute approximate surface area is 171 Å². The molecule has 2 aliphatic heterocycles. The summed E-state index contributed by atoms with van der Waals surface area (Å²) in [6, 6.07) is -1.34. The zero-order valence-electron chi connectivity index (χ0n) is 15.6. The van der Waals surface area contributed by atoms with Crippen molar-refractivity contribution in [2.24, 2.45) is 5.92 Å². The smallest absolute Gasteiger partial charge is 0.390 e. The topological polar surface area (TPSA) is 122 Å². The molecule has 2 fully saturated rings. The minimum Gasteiger partial charge on any atom is -0.390 e. The number of amides is 2. The molecule has 2 unspecified atom stereocenters. The van der Waals surface area contributed by atoms with Crippen molar-refractivity contribution in [3.63, 3.8) is 0 Å². The first-order valence-corrected chi connectivity index (χ1v) is 12.0. The van der Waals surface area contributed by atoms with Crippen LogP contribution in [0.3, 0.4) is 0 Å². The van der Waals surface area contributed by atoms with Crippen molar-refractivity contribution in [3.8, 4) is 0 Å². The molecule has 0 spiro atoms. The summed E-state index contributed by atoms with van der Waals surface area (Å²) in [5.41, 5.74) is 0. The van der Waals surface area contributed by atoms with Crippen molar-refractivity contribution in [2.75, 3.05) is 37.0 Å². The van der Waals surface area contributed by atoms with Gasteiger partial charge in [-0.1, -0.05) is 0 Å². The molecule has 0 aromatic heterocycles. The number of rotatable bonds is 9. The van der Waals surface area contributed by atoms with Crippen molar-refractivity contribution in [1.29, 1.82) is 0 Å². The van der Waals surface area contributed by atoms with E-state index in [1.807, 2.05) is 0 Å². The highest BCUT2D eigenvalue weighted by Crippen LogP contribution is 2.24. The molecule has 0 aliphatic carbocycles. The molecule has 0 aromatic carbocycles. The quantitative estimate of drug-likeness (QED) is 0.436. The molecule has 8 nitrogen and oxygen atoms in total. The molecule has 0 aromatic rings. The van der Waals surface area contributed by atoms with Crippen LogP contribution in [-0.2, 0) is 24.2 Å². The molecule has 3 N–H and O–H groups in total. The van der Waals surface area contributed by atoms with Crippen LogP contribution in [0, 0.1) is 5.92 Å². The van der Waals surface area contributed by atoms with Gasteiger partial charge in [-0.3, -0.25) is 9.59 Å². The monoisotopic (exact) mass is 462 g/mol. The highest BCUT2D eigenvalue weighted by atomic mass is 32.2. The number of ether oxygens (including phenoxy) is 1. The fraction of sp³-hybridized carbons (Fsp3) is 0.875. The molecule has 2 amide bonds. The van der Waals surface area contributed by atoms with Crippen LogP contribution in [0.15, 0.2) is 0 Å². The van der Waals surface area contributed by atoms with E-state index in [1.54, 1.807) is 0 Å². The first kappa shape index (κ1) is 24.2. The highest BCUT2D eigenvalue weighted by molar-refractivity contribution is 8.02. The number of sulfone groups is 1. The lowest BCUT2D eigenvalue weighted by Crippen LogP contribution is -2.47. The van der Waals surface area contributed by atoms with Gasteiger partial charge < -0.3 is 20.5 Å². The van der Waals surface area contributed by atoms with Crippen molar-refractivity contribution in [1.82, 2.24) is 10.6 Å². The van der Waals surface area contributed by atoms with E-state index in [1.165, 1.54) is 0 Å². The molecule has 0 saturated carbocycles. The molecule has 0 radical (unpaired) electrons. The third-order valence-corrected chi connectivity index (χ3v) is 7.92. The summed E-state index contributed by atoms with van der Waals surface area (Å²) in [6.45, 7) is -0.166. The average molecular weight is 463 g/mol. The Hall–Kier alpha value is -1.05. The van der Waals surface area contributed by atoms with Gasteiger partial charge in [0.05, 0.1) is 49.0 Å². The molecular weight excluding hydrogens is 437 g/mol. The largest absolute Gasteiger partial charge is 0.391 e. The van der Waals surface area contributed by atoms with Crippen LogP contribution < -0.4 is 10.6 Å². The van der Waals surface area contributed by atoms with Crippen molar-refractivity contribution in [2.45, 2.75) is 42.8 Å². The Kier molecular flexibility index (Phi) is 8.61. The Morgan fingerprint density at radius 2 is 1.97 bits per heavy atom. The van der Waals surface area contributed by atoms with E-state index >= 15 is 0 Å². The van der Waals surface area contributed by atoms with Crippen LogP contribution in [0.25, 0.3) is 0 Å². The fourth-order valence-electron chi connectivity index (χ4n) is 3.13. The lowest BCUT2D eigenvalue weighted by Gasteiger charge is -2.22. The van der Waals surface area contributed by atoms with Gasteiger partial charge in [-0.15, -0.1) is 11.8 Å². The highest BCUT2D eigenvalue weighted by Gasteiger charge is 2.34. The number of hydrogen-bond donors (Lipinski definition) is 3. The zero-order chi connectivity index (χ0) is 21.7. The molecule has 0 bridgehead atoms. The Morgan fingerprint density at radius 3 is 2.52 bits per heavy atom. The van der Waals surface area contributed by atoms with E-state index in [0.29, 0.717) is 6.42 Å². The molecule has 4 atom stereocenters. The van der Waals surface area contributed by atoms with Gasteiger partial charge in [-0.05, 0) is 6.42 Å². The number of aliphatic hydroxyl groups is 1. The number of halogens is 3. The number of carbonyl (C=O) groups is 2. The van der Waals surface area contributed by atoms with E-state index in [-0.39, 0.29) is 42.1 Å². The third kappa shape index (κ3) is 9.09. The summed E-state index contributed by atoms with van der Waals surface area (Å²) in [7, 11) is -3.07. The van der Waals surface area contributed by atoms with E-state index in [0.717, 1.165) is 11.8 Å². The third-order valence-electron chi connectivity index (χ3n) is 4.64. The molecule has 13 heteroatoms. The lowest BCUT2D eigenvalue weighted by atomic mass is 10.0. The number of carbonyl (C=O) groups excluding carboxylic acids is 2. The van der Waals surface area contributed by atoms with Crippen LogP contribution in [0.5, 0.6) is 0 Å². The number of nitrogens with one attached hydrogen (secondary N) is 2. The summed E-state index contributed by atoms with van der Waals surface area (Å²) >= 11 is 1.15. The Balaban J connectivity index is 1.77. The van der Waals surface area contributed by atoms with Crippen LogP contribution in [0.1, 0.15) is 19.3 Å². The van der Waals surface area contributed by atoms with Gasteiger partial charge >= 0.3 is 6.18 Å². The standard InChI is InChI=1S/C16H25F3N2O6S2/c17-16(18,19)4-11(21-14(23)3-10-6-27-7-13(10)22)5-20-15(24)8-28-12-1-2-29(25,26)9-12/h10-13,22H,1-9H2,(H,20,24)(H,21,23)/t10-,11?,12?,13-/m1/s1. The number of thioether (sulfide) groups is 1. The van der Waals surface area contributed by atoms with Gasteiger partial charge in [-0.2, -0.15) is 13.2 Å². The SMILES string of the molecule is O=C(CSC1CCS(=O)(=O)C1)NCC(CC(F)(F)F)NC(=O)C[C@@H]1COC[C@H]1O. The zero-order valence-corrected chi connectivity index (χ0v) is 17.2. The first-order valence-electron chi connectivity index (χ1n) is 9.14. The number of aliphatic hydroxyl groups excluding tert-OH is 1. The van der Waals surface area contributed by atoms with E-state index in [2.05, 4.69) is 10.6 Å². The van der Waals surface area contributed by atoms with Crippen LogP contribution in [0.2, 0.25) is 0 Å². The Bertz CT molecular complexity index is 689. The summed E-state index contributed by atoms with van der Waals surface area (Å²) in [5.74, 6) is -1.66. The maximum atomic E-state index is 12.8. The van der Waals surface area contributed by atoms with E-state index in [9.17, 15) is 36.3 Å². The van der Waals surface area contributed by atoms with Gasteiger partial charge in [0.1, 0.15) is 0 Å². The molecular formula is C16H25F3N2O6S2. The second-order valence-electron chi connectivity index (χ2n) is 7.29. The maximum absolute atomic E-state index is 12.8. The van der Waals surface area contributed by atoms with Gasteiger partial charge in [0.15, 0.2) is 9.84 Å². The van der Waals surface area contributed by atoms with Crippen molar-refractivity contribution in [3.05, 3.63) is 0 Å². The summed E-state index contributed by atoms with van der Waals surface area (Å²) in [4.78, 5) is 23.9.